The van der Waals surface area contributed by atoms with Gasteiger partial charge in [0.25, 0.3) is 5.91 Å². The Labute approximate surface area is 122 Å². The molecule has 1 N–H and O–H groups in total. The van der Waals surface area contributed by atoms with Crippen LogP contribution in [0.25, 0.3) is 11.3 Å². The molecular formula is C15H16N2O4. The van der Waals surface area contributed by atoms with Crippen LogP contribution in [0.3, 0.4) is 0 Å². The highest BCUT2D eigenvalue weighted by Crippen LogP contribution is 2.20. The van der Waals surface area contributed by atoms with Gasteiger partial charge in [0.05, 0.1) is 0 Å². The van der Waals surface area contributed by atoms with E-state index in [1.807, 2.05) is 30.3 Å². The van der Waals surface area contributed by atoms with Crippen LogP contribution in [0.2, 0.25) is 0 Å². The van der Waals surface area contributed by atoms with Crippen LogP contribution in [-0.2, 0) is 4.79 Å². The summed E-state index contributed by atoms with van der Waals surface area (Å²) in [6.07, 6.45) is 0.317. The third kappa shape index (κ3) is 3.10. The minimum absolute atomic E-state index is 0.0241. The zero-order valence-electron chi connectivity index (χ0n) is 11.8. The van der Waals surface area contributed by atoms with Crippen molar-refractivity contribution < 1.29 is 19.2 Å². The Kier molecular flexibility index (Phi) is 4.37. The average molecular weight is 288 g/mol. The van der Waals surface area contributed by atoms with Gasteiger partial charge < -0.3 is 14.5 Å². The summed E-state index contributed by atoms with van der Waals surface area (Å²) >= 11 is 0. The van der Waals surface area contributed by atoms with Crippen LogP contribution in [0.5, 0.6) is 0 Å². The average Bonchev–Trinajstić information content (AvgIpc) is 2.97. The number of aromatic nitrogens is 1. The van der Waals surface area contributed by atoms with Crippen molar-refractivity contribution >= 4 is 11.9 Å². The van der Waals surface area contributed by atoms with E-state index in [4.69, 9.17) is 9.63 Å². The number of nitrogens with zero attached hydrogens (tertiary/aromatic N) is 2. The molecule has 1 unspecified atom stereocenters. The summed E-state index contributed by atoms with van der Waals surface area (Å²) in [6.45, 7) is 1.71. The van der Waals surface area contributed by atoms with E-state index in [-0.39, 0.29) is 5.76 Å². The molecule has 21 heavy (non-hydrogen) atoms. The maximum atomic E-state index is 12.2. The first-order valence-corrected chi connectivity index (χ1v) is 6.56. The summed E-state index contributed by atoms with van der Waals surface area (Å²) in [5.74, 6) is -1.52. The summed E-state index contributed by atoms with van der Waals surface area (Å²) in [6, 6.07) is 9.92. The van der Waals surface area contributed by atoms with Crippen molar-refractivity contribution in [3.8, 4) is 11.3 Å². The number of carboxylic acids is 1. The second kappa shape index (κ2) is 6.21. The molecule has 110 valence electrons. The lowest BCUT2D eigenvalue weighted by atomic mass is 10.1. The maximum absolute atomic E-state index is 12.2. The summed E-state index contributed by atoms with van der Waals surface area (Å²) < 4.78 is 5.04. The third-order valence-corrected chi connectivity index (χ3v) is 3.25. The van der Waals surface area contributed by atoms with Crippen molar-refractivity contribution in [1.82, 2.24) is 10.1 Å². The van der Waals surface area contributed by atoms with Crippen molar-refractivity contribution in [3.63, 3.8) is 0 Å². The summed E-state index contributed by atoms with van der Waals surface area (Å²) in [7, 11) is 1.44. The van der Waals surface area contributed by atoms with Crippen LogP contribution in [0.15, 0.2) is 40.9 Å². The fourth-order valence-electron chi connectivity index (χ4n) is 2.05. The zero-order valence-corrected chi connectivity index (χ0v) is 11.8. The lowest BCUT2D eigenvalue weighted by Crippen LogP contribution is -2.41. The van der Waals surface area contributed by atoms with Crippen molar-refractivity contribution in [1.29, 1.82) is 0 Å². The van der Waals surface area contributed by atoms with Crippen LogP contribution >= 0.6 is 0 Å². The number of rotatable bonds is 5. The second-order valence-corrected chi connectivity index (χ2v) is 4.62. The Hall–Kier alpha value is -2.63. The van der Waals surface area contributed by atoms with E-state index in [9.17, 15) is 9.59 Å². The molecule has 0 saturated carbocycles. The molecule has 0 saturated heterocycles. The molecule has 1 aromatic heterocycles. The van der Waals surface area contributed by atoms with Crippen LogP contribution in [-0.4, -0.2) is 40.1 Å². The fraction of sp³-hybridized carbons (Fsp3) is 0.267. The van der Waals surface area contributed by atoms with Gasteiger partial charge in [0.1, 0.15) is 11.7 Å². The highest BCUT2D eigenvalue weighted by molar-refractivity contribution is 5.94. The van der Waals surface area contributed by atoms with E-state index < -0.39 is 17.9 Å². The highest BCUT2D eigenvalue weighted by atomic mass is 16.5. The monoisotopic (exact) mass is 288 g/mol. The van der Waals surface area contributed by atoms with E-state index in [1.54, 1.807) is 6.92 Å². The minimum atomic E-state index is -1.05. The Morgan fingerprint density at radius 3 is 2.57 bits per heavy atom. The molecule has 2 aromatic rings. The Balaban J connectivity index is 2.21. The van der Waals surface area contributed by atoms with E-state index in [0.29, 0.717) is 12.1 Å². The van der Waals surface area contributed by atoms with Crippen LogP contribution in [0.1, 0.15) is 23.9 Å². The molecular weight excluding hydrogens is 272 g/mol. The SMILES string of the molecule is CCC(C(=O)O)N(C)C(=O)c1cc(-c2ccccc2)no1. The molecule has 0 aliphatic rings. The molecule has 1 aromatic carbocycles. The number of likely N-dealkylation sites (N-methyl/N-ethyl adjacent to an activating group) is 1. The number of amides is 1. The molecule has 0 fully saturated rings. The summed E-state index contributed by atoms with van der Waals surface area (Å²) in [5, 5.41) is 12.9. The van der Waals surface area contributed by atoms with Crippen molar-refractivity contribution in [2.45, 2.75) is 19.4 Å². The van der Waals surface area contributed by atoms with Gasteiger partial charge in [0.15, 0.2) is 0 Å². The topological polar surface area (TPSA) is 83.6 Å². The van der Waals surface area contributed by atoms with Crippen LogP contribution in [0.4, 0.5) is 0 Å². The molecule has 1 amide bonds. The predicted octanol–water partition coefficient (Wildman–Crippen LogP) is 2.28. The van der Waals surface area contributed by atoms with Crippen LogP contribution < -0.4 is 0 Å². The van der Waals surface area contributed by atoms with Crippen molar-refractivity contribution in [2.75, 3.05) is 7.05 Å². The molecule has 0 radical (unpaired) electrons. The van der Waals surface area contributed by atoms with Gasteiger partial charge in [-0.25, -0.2) is 4.79 Å². The molecule has 0 spiro atoms. The van der Waals surface area contributed by atoms with Gasteiger partial charge >= 0.3 is 5.97 Å². The second-order valence-electron chi connectivity index (χ2n) is 4.62. The molecule has 1 heterocycles. The lowest BCUT2D eigenvalue weighted by Gasteiger charge is -2.22. The van der Waals surface area contributed by atoms with E-state index >= 15 is 0 Å². The number of hydrogen-bond acceptors (Lipinski definition) is 4. The van der Waals surface area contributed by atoms with Gasteiger partial charge in [-0.1, -0.05) is 42.4 Å². The molecule has 0 aliphatic carbocycles. The third-order valence-electron chi connectivity index (χ3n) is 3.25. The molecule has 2 rings (SSSR count). The first-order chi connectivity index (χ1) is 10.0. The van der Waals surface area contributed by atoms with Crippen LogP contribution in [0, 0.1) is 0 Å². The van der Waals surface area contributed by atoms with E-state index in [0.717, 1.165) is 10.5 Å². The minimum Gasteiger partial charge on any atom is -0.480 e. The normalized spacial score (nSPS) is 11.9. The van der Waals surface area contributed by atoms with Gasteiger partial charge in [-0.2, -0.15) is 0 Å². The Morgan fingerprint density at radius 2 is 2.00 bits per heavy atom. The quantitative estimate of drug-likeness (QED) is 0.912. The number of aliphatic carboxylic acids is 1. The number of hydrogen-bond donors (Lipinski definition) is 1. The first-order valence-electron chi connectivity index (χ1n) is 6.56. The van der Waals surface area contributed by atoms with Gasteiger partial charge in [-0.05, 0) is 6.42 Å². The summed E-state index contributed by atoms with van der Waals surface area (Å²) in [4.78, 5) is 24.5. The lowest BCUT2D eigenvalue weighted by molar-refractivity contribution is -0.142. The van der Waals surface area contributed by atoms with E-state index in [2.05, 4.69) is 5.16 Å². The number of benzene rings is 1. The van der Waals surface area contributed by atoms with Crippen molar-refractivity contribution in [3.05, 3.63) is 42.2 Å². The van der Waals surface area contributed by atoms with Gasteiger partial charge in [-0.3, -0.25) is 4.79 Å². The largest absolute Gasteiger partial charge is 0.480 e. The standard InChI is InChI=1S/C15H16N2O4/c1-3-12(15(19)20)17(2)14(18)13-9-11(16-21-13)10-7-5-4-6-8-10/h4-9,12H,3H2,1-2H3,(H,19,20). The number of carbonyl (C=O) groups is 2. The van der Waals surface area contributed by atoms with E-state index in [1.165, 1.54) is 13.1 Å². The number of carboxylic acid groups (broad SMARTS) is 1. The van der Waals surface area contributed by atoms with Crippen molar-refractivity contribution in [2.24, 2.45) is 0 Å². The smallest absolute Gasteiger partial charge is 0.326 e. The Bertz CT molecular complexity index is 636. The molecule has 1 atom stereocenters. The molecule has 0 aliphatic heterocycles. The fourth-order valence-corrected chi connectivity index (χ4v) is 2.05. The molecule has 6 heteroatoms. The number of carbonyl (C=O) groups excluding carboxylic acids is 1. The zero-order chi connectivity index (χ0) is 15.4. The predicted molar refractivity (Wildman–Crippen MR) is 75.7 cm³/mol. The maximum Gasteiger partial charge on any atom is 0.326 e. The first kappa shape index (κ1) is 14.8. The van der Waals surface area contributed by atoms with Gasteiger partial charge in [0.2, 0.25) is 5.76 Å². The van der Waals surface area contributed by atoms with Gasteiger partial charge in [0, 0.05) is 18.7 Å². The summed E-state index contributed by atoms with van der Waals surface area (Å²) in [5.41, 5.74) is 1.36. The molecule has 6 nitrogen and oxygen atoms in total. The highest BCUT2D eigenvalue weighted by Gasteiger charge is 2.28. The molecule has 0 bridgehead atoms. The van der Waals surface area contributed by atoms with Gasteiger partial charge in [-0.15, -0.1) is 0 Å². The Morgan fingerprint density at radius 1 is 1.33 bits per heavy atom.